The lowest BCUT2D eigenvalue weighted by Gasteiger charge is -2.45. The molecule has 3 atom stereocenters. The van der Waals surface area contributed by atoms with Gasteiger partial charge in [0.25, 0.3) is 0 Å². The number of hydrogen-bond donors (Lipinski definition) is 2. The first kappa shape index (κ1) is 17.1. The number of hydrogen-bond acceptors (Lipinski definition) is 3. The molecule has 0 radical (unpaired) electrons. The molecule has 4 heteroatoms. The van der Waals surface area contributed by atoms with Gasteiger partial charge >= 0.3 is 0 Å². The fourth-order valence-electron chi connectivity index (χ4n) is 4.06. The number of aliphatic hydroxyl groups excluding tert-OH is 2. The summed E-state index contributed by atoms with van der Waals surface area (Å²) in [7, 11) is -1.90. The molecule has 19 heavy (non-hydrogen) atoms. The summed E-state index contributed by atoms with van der Waals surface area (Å²) in [5, 5.41) is 19.3. The van der Waals surface area contributed by atoms with Gasteiger partial charge in [-0.15, -0.1) is 0 Å². The third-order valence-electron chi connectivity index (χ3n) is 4.90. The van der Waals surface area contributed by atoms with Gasteiger partial charge in [0.05, 0.1) is 12.2 Å². The van der Waals surface area contributed by atoms with Crippen molar-refractivity contribution in [3.63, 3.8) is 0 Å². The molecule has 1 fully saturated rings. The summed E-state index contributed by atoms with van der Waals surface area (Å²) in [6.07, 6.45) is 1.10. The van der Waals surface area contributed by atoms with E-state index in [2.05, 4.69) is 41.5 Å². The molecule has 0 aromatic heterocycles. The molecule has 0 bridgehead atoms. The van der Waals surface area contributed by atoms with Crippen molar-refractivity contribution in [3.8, 4) is 0 Å². The lowest BCUT2D eigenvalue weighted by Crippen LogP contribution is -2.51. The Morgan fingerprint density at radius 3 is 1.84 bits per heavy atom. The molecule has 1 rings (SSSR count). The topological polar surface area (TPSA) is 49.7 Å². The molecular weight excluding hydrogens is 256 g/mol. The Morgan fingerprint density at radius 2 is 1.47 bits per heavy atom. The highest BCUT2D eigenvalue weighted by Crippen LogP contribution is 2.45. The Labute approximate surface area is 119 Å². The molecule has 114 valence electrons. The van der Waals surface area contributed by atoms with E-state index in [9.17, 15) is 10.2 Å². The van der Waals surface area contributed by atoms with E-state index >= 15 is 0 Å². The van der Waals surface area contributed by atoms with Crippen LogP contribution in [0, 0.1) is 5.92 Å². The van der Waals surface area contributed by atoms with Crippen molar-refractivity contribution in [2.75, 3.05) is 6.61 Å². The first-order valence-corrected chi connectivity index (χ1v) is 9.86. The monoisotopic (exact) mass is 288 g/mol. The van der Waals surface area contributed by atoms with Gasteiger partial charge in [-0.2, -0.15) is 0 Å². The normalized spacial score (nSPS) is 28.9. The van der Waals surface area contributed by atoms with E-state index in [-0.39, 0.29) is 24.7 Å². The van der Waals surface area contributed by atoms with Crippen LogP contribution in [0.5, 0.6) is 0 Å². The fourth-order valence-corrected chi connectivity index (χ4v) is 9.69. The van der Waals surface area contributed by atoms with E-state index in [0.29, 0.717) is 29.5 Å². The Hall–Kier alpha value is 0.0969. The maximum atomic E-state index is 9.84. The van der Waals surface area contributed by atoms with E-state index in [1.54, 1.807) is 0 Å². The van der Waals surface area contributed by atoms with E-state index in [4.69, 9.17) is 4.43 Å². The predicted octanol–water partition coefficient (Wildman–Crippen LogP) is 3.31. The molecule has 1 aliphatic rings. The second kappa shape index (κ2) is 6.70. The summed E-state index contributed by atoms with van der Waals surface area (Å²) < 4.78 is 6.68. The molecule has 1 saturated carbocycles. The number of aliphatic hydroxyl groups is 2. The zero-order valence-corrected chi connectivity index (χ0v) is 14.4. The summed E-state index contributed by atoms with van der Waals surface area (Å²) in [5.41, 5.74) is 1.64. The molecule has 0 spiro atoms. The van der Waals surface area contributed by atoms with Gasteiger partial charge < -0.3 is 14.6 Å². The quantitative estimate of drug-likeness (QED) is 0.737. The third-order valence-corrected chi connectivity index (χ3v) is 11.0. The molecule has 0 saturated heterocycles. The van der Waals surface area contributed by atoms with E-state index in [1.807, 2.05) is 0 Å². The van der Waals surface area contributed by atoms with Gasteiger partial charge in [-0.25, -0.2) is 0 Å². The summed E-state index contributed by atoms with van der Waals surface area (Å²) in [4.78, 5) is 0. The largest absolute Gasteiger partial charge is 0.413 e. The zero-order chi connectivity index (χ0) is 14.8. The van der Waals surface area contributed by atoms with Crippen molar-refractivity contribution >= 4 is 8.32 Å². The highest BCUT2D eigenvalue weighted by Gasteiger charge is 2.49. The van der Waals surface area contributed by atoms with Crippen LogP contribution in [0.2, 0.25) is 16.6 Å². The second-order valence-electron chi connectivity index (χ2n) is 7.04. The Kier molecular flexibility index (Phi) is 6.05. The smallest absolute Gasteiger partial charge is 0.200 e. The van der Waals surface area contributed by atoms with Gasteiger partial charge in [-0.1, -0.05) is 41.5 Å². The predicted molar refractivity (Wildman–Crippen MR) is 81.7 cm³/mol. The fraction of sp³-hybridized carbons (Fsp3) is 1.00. The molecule has 0 aromatic rings. The number of rotatable bonds is 6. The van der Waals surface area contributed by atoms with Gasteiger partial charge in [-0.05, 0) is 29.5 Å². The first-order valence-electron chi connectivity index (χ1n) is 7.72. The Balaban J connectivity index is 2.94. The van der Waals surface area contributed by atoms with Crippen LogP contribution in [-0.4, -0.2) is 37.3 Å². The van der Waals surface area contributed by atoms with Gasteiger partial charge in [0.2, 0.25) is 8.32 Å². The average molecular weight is 289 g/mol. The maximum absolute atomic E-state index is 9.84. The molecule has 2 N–H and O–H groups in total. The van der Waals surface area contributed by atoms with E-state index < -0.39 is 8.32 Å². The Morgan fingerprint density at radius 1 is 1.00 bits per heavy atom. The van der Waals surface area contributed by atoms with Crippen LogP contribution in [0.25, 0.3) is 0 Å². The van der Waals surface area contributed by atoms with Gasteiger partial charge in [-0.3, -0.25) is 0 Å². The average Bonchev–Trinajstić information content (AvgIpc) is 2.64. The van der Waals surface area contributed by atoms with Crippen molar-refractivity contribution in [3.05, 3.63) is 0 Å². The minimum atomic E-state index is -1.90. The van der Waals surface area contributed by atoms with Gasteiger partial charge in [0.1, 0.15) is 0 Å². The van der Waals surface area contributed by atoms with Crippen LogP contribution < -0.4 is 0 Å². The lowest BCUT2D eigenvalue weighted by atomic mass is 10.1. The maximum Gasteiger partial charge on any atom is 0.200 e. The van der Waals surface area contributed by atoms with Crippen LogP contribution >= 0.6 is 0 Å². The molecule has 1 aliphatic carbocycles. The van der Waals surface area contributed by atoms with E-state index in [1.165, 1.54) is 0 Å². The van der Waals surface area contributed by atoms with Crippen LogP contribution in [0.1, 0.15) is 54.4 Å². The van der Waals surface area contributed by atoms with Crippen LogP contribution in [0.4, 0.5) is 0 Å². The molecule has 0 amide bonds. The summed E-state index contributed by atoms with van der Waals surface area (Å²) >= 11 is 0. The lowest BCUT2D eigenvalue weighted by molar-refractivity contribution is 0.0927. The van der Waals surface area contributed by atoms with Crippen LogP contribution in [0.15, 0.2) is 0 Å². The molecule has 0 heterocycles. The summed E-state index contributed by atoms with van der Waals surface area (Å²) in [5.74, 6) is 0.109. The van der Waals surface area contributed by atoms with Crippen LogP contribution in [-0.2, 0) is 4.43 Å². The molecule has 0 aliphatic heterocycles. The minimum Gasteiger partial charge on any atom is -0.413 e. The molecule has 3 nitrogen and oxygen atoms in total. The summed E-state index contributed by atoms with van der Waals surface area (Å²) in [6, 6.07) is 0. The van der Waals surface area contributed by atoms with Crippen molar-refractivity contribution in [1.29, 1.82) is 0 Å². The van der Waals surface area contributed by atoms with Crippen molar-refractivity contribution in [2.24, 2.45) is 5.92 Å². The van der Waals surface area contributed by atoms with Crippen LogP contribution in [0.3, 0.4) is 0 Å². The second-order valence-corrected chi connectivity index (χ2v) is 12.4. The van der Waals surface area contributed by atoms with Crippen molar-refractivity contribution in [1.82, 2.24) is 0 Å². The highest BCUT2D eigenvalue weighted by atomic mass is 28.4. The van der Waals surface area contributed by atoms with Crippen molar-refractivity contribution < 1.29 is 14.6 Å². The zero-order valence-electron chi connectivity index (χ0n) is 13.4. The SMILES string of the molecule is CC(C)[Si](O[C@H]1C[C@@H](O)C[C@@H]1CO)(C(C)C)C(C)C. The van der Waals surface area contributed by atoms with Gasteiger partial charge in [0, 0.05) is 12.5 Å². The molecule has 0 unspecified atom stereocenters. The standard InChI is InChI=1S/C15H32O3Si/c1-10(2)19(11(3)4,12(5)6)18-15-8-14(17)7-13(15)9-16/h10-17H,7-9H2,1-6H3/t13-,14+,15+/m1/s1. The highest BCUT2D eigenvalue weighted by molar-refractivity contribution is 6.77. The minimum absolute atomic E-state index is 0.0406. The van der Waals surface area contributed by atoms with Crippen molar-refractivity contribution in [2.45, 2.75) is 83.2 Å². The van der Waals surface area contributed by atoms with Gasteiger partial charge in [0.15, 0.2) is 0 Å². The molecule has 0 aromatic carbocycles. The molecular formula is C15H32O3Si. The third kappa shape index (κ3) is 3.41. The first-order chi connectivity index (χ1) is 8.75. The summed E-state index contributed by atoms with van der Waals surface area (Å²) in [6.45, 7) is 13.7. The van der Waals surface area contributed by atoms with E-state index in [0.717, 1.165) is 0 Å². The Bertz CT molecular complexity index is 257.